The first-order chi connectivity index (χ1) is 6.70. The Morgan fingerprint density at radius 3 is 2.36 bits per heavy atom. The normalized spacial score (nSPS) is 18.2. The molecule has 0 heterocycles. The molecule has 0 radical (unpaired) electrons. The molecule has 14 heavy (non-hydrogen) atoms. The van der Waals surface area contributed by atoms with Gasteiger partial charge in [0.25, 0.3) is 0 Å². The number of benzene rings is 1. The second kappa shape index (κ2) is 3.62. The molecule has 0 bridgehead atoms. The summed E-state index contributed by atoms with van der Waals surface area (Å²) < 4.78 is 5.98. The van der Waals surface area contributed by atoms with E-state index in [2.05, 4.69) is 19.0 Å². The molecule has 0 aromatic heterocycles. The Hall–Kier alpha value is -1.02. The number of hydrogen-bond donors (Lipinski definition) is 0. The highest BCUT2D eigenvalue weighted by Gasteiger charge is 2.45. The van der Waals surface area contributed by atoms with Gasteiger partial charge in [0.15, 0.2) is 0 Å². The van der Waals surface area contributed by atoms with Crippen LogP contribution in [0.3, 0.4) is 0 Å². The Bertz CT molecular complexity index is 290. The predicted octanol–water partition coefficient (Wildman–Crippen LogP) is 2.16. The van der Waals surface area contributed by atoms with Crippen LogP contribution < -0.4 is 4.74 Å². The second-order valence-electron chi connectivity index (χ2n) is 4.34. The van der Waals surface area contributed by atoms with Gasteiger partial charge in [0.2, 0.25) is 0 Å². The van der Waals surface area contributed by atoms with Crippen molar-refractivity contribution in [1.82, 2.24) is 4.90 Å². The van der Waals surface area contributed by atoms with Crippen molar-refractivity contribution in [2.75, 3.05) is 20.6 Å². The average molecular weight is 191 g/mol. The van der Waals surface area contributed by atoms with Crippen molar-refractivity contribution >= 4 is 0 Å². The maximum atomic E-state index is 5.98. The van der Waals surface area contributed by atoms with Crippen LogP contribution in [0.2, 0.25) is 0 Å². The van der Waals surface area contributed by atoms with E-state index in [-0.39, 0.29) is 5.60 Å². The Morgan fingerprint density at radius 2 is 1.86 bits per heavy atom. The molecule has 0 aliphatic heterocycles. The monoisotopic (exact) mass is 191 g/mol. The SMILES string of the molecule is CN(C)CC1(Oc2ccccc2)CC1. The van der Waals surface area contributed by atoms with E-state index in [0.29, 0.717) is 0 Å². The van der Waals surface area contributed by atoms with Crippen molar-refractivity contribution < 1.29 is 4.74 Å². The number of hydrogen-bond acceptors (Lipinski definition) is 2. The first-order valence-corrected chi connectivity index (χ1v) is 5.09. The highest BCUT2D eigenvalue weighted by molar-refractivity contribution is 5.23. The minimum Gasteiger partial charge on any atom is -0.486 e. The van der Waals surface area contributed by atoms with E-state index >= 15 is 0 Å². The van der Waals surface area contributed by atoms with Gasteiger partial charge in [-0.2, -0.15) is 0 Å². The third-order valence-corrected chi connectivity index (χ3v) is 2.49. The number of likely N-dealkylation sites (N-methyl/N-ethyl adjacent to an activating group) is 1. The van der Waals surface area contributed by atoms with Crippen LogP contribution >= 0.6 is 0 Å². The topological polar surface area (TPSA) is 12.5 Å². The van der Waals surface area contributed by atoms with Crippen molar-refractivity contribution in [1.29, 1.82) is 0 Å². The highest BCUT2D eigenvalue weighted by Crippen LogP contribution is 2.40. The molecule has 1 fully saturated rings. The Balaban J connectivity index is 1.98. The summed E-state index contributed by atoms with van der Waals surface area (Å²) in [6.07, 6.45) is 2.36. The van der Waals surface area contributed by atoms with Crippen molar-refractivity contribution in [2.24, 2.45) is 0 Å². The summed E-state index contributed by atoms with van der Waals surface area (Å²) in [5.41, 5.74) is 0.102. The van der Waals surface area contributed by atoms with Gasteiger partial charge in [0.05, 0.1) is 0 Å². The highest BCUT2D eigenvalue weighted by atomic mass is 16.5. The fourth-order valence-corrected chi connectivity index (χ4v) is 1.75. The van der Waals surface area contributed by atoms with E-state index in [4.69, 9.17) is 4.74 Å². The summed E-state index contributed by atoms with van der Waals surface area (Å²) in [6.45, 7) is 1.02. The second-order valence-corrected chi connectivity index (χ2v) is 4.34. The van der Waals surface area contributed by atoms with E-state index in [9.17, 15) is 0 Å². The molecule has 1 aromatic carbocycles. The molecule has 0 saturated heterocycles. The van der Waals surface area contributed by atoms with Crippen molar-refractivity contribution in [3.8, 4) is 5.75 Å². The molecule has 2 rings (SSSR count). The van der Waals surface area contributed by atoms with Crippen LogP contribution in [-0.2, 0) is 0 Å². The number of ether oxygens (including phenoxy) is 1. The van der Waals surface area contributed by atoms with Crippen molar-refractivity contribution in [3.63, 3.8) is 0 Å². The van der Waals surface area contributed by atoms with E-state index < -0.39 is 0 Å². The summed E-state index contributed by atoms with van der Waals surface area (Å²) in [4.78, 5) is 2.19. The van der Waals surface area contributed by atoms with Crippen LogP contribution in [0.4, 0.5) is 0 Å². The third-order valence-electron chi connectivity index (χ3n) is 2.49. The molecule has 0 N–H and O–H groups in total. The van der Waals surface area contributed by atoms with Crippen LogP contribution in [0.5, 0.6) is 5.75 Å². The molecular formula is C12H17NO. The molecule has 0 spiro atoms. The molecule has 0 atom stereocenters. The zero-order chi connectivity index (χ0) is 10.0. The summed E-state index contributed by atoms with van der Waals surface area (Å²) in [5, 5.41) is 0. The fourth-order valence-electron chi connectivity index (χ4n) is 1.75. The van der Waals surface area contributed by atoms with Gasteiger partial charge in [-0.25, -0.2) is 0 Å². The molecule has 1 saturated carbocycles. The van der Waals surface area contributed by atoms with Gasteiger partial charge in [0.1, 0.15) is 11.4 Å². The lowest BCUT2D eigenvalue weighted by molar-refractivity contribution is 0.138. The average Bonchev–Trinajstić information content (AvgIpc) is 2.85. The zero-order valence-electron chi connectivity index (χ0n) is 8.86. The van der Waals surface area contributed by atoms with Crippen LogP contribution in [0.15, 0.2) is 30.3 Å². The Labute approximate surface area is 85.5 Å². The van der Waals surface area contributed by atoms with Crippen LogP contribution in [0.1, 0.15) is 12.8 Å². The molecule has 1 aromatic rings. The zero-order valence-corrected chi connectivity index (χ0v) is 8.86. The predicted molar refractivity (Wildman–Crippen MR) is 57.6 cm³/mol. The number of rotatable bonds is 4. The van der Waals surface area contributed by atoms with E-state index in [1.165, 1.54) is 12.8 Å². The molecule has 1 aliphatic rings. The summed E-state index contributed by atoms with van der Waals surface area (Å²) in [5.74, 6) is 0.992. The molecule has 1 aliphatic carbocycles. The summed E-state index contributed by atoms with van der Waals surface area (Å²) >= 11 is 0. The lowest BCUT2D eigenvalue weighted by Gasteiger charge is -2.21. The fraction of sp³-hybridized carbons (Fsp3) is 0.500. The van der Waals surface area contributed by atoms with Crippen LogP contribution in [-0.4, -0.2) is 31.1 Å². The first-order valence-electron chi connectivity index (χ1n) is 5.09. The van der Waals surface area contributed by atoms with Gasteiger partial charge in [-0.15, -0.1) is 0 Å². The maximum Gasteiger partial charge on any atom is 0.122 e. The van der Waals surface area contributed by atoms with E-state index in [1.807, 2.05) is 30.3 Å². The lowest BCUT2D eigenvalue weighted by atomic mass is 10.3. The summed E-state index contributed by atoms with van der Waals surface area (Å²) in [7, 11) is 4.18. The van der Waals surface area contributed by atoms with E-state index in [0.717, 1.165) is 12.3 Å². The van der Waals surface area contributed by atoms with Gasteiger partial charge < -0.3 is 9.64 Å². The van der Waals surface area contributed by atoms with Gasteiger partial charge in [-0.1, -0.05) is 18.2 Å². The van der Waals surface area contributed by atoms with Gasteiger partial charge in [-0.05, 0) is 39.1 Å². The molecule has 0 amide bonds. The van der Waals surface area contributed by atoms with E-state index in [1.54, 1.807) is 0 Å². The number of para-hydroxylation sites is 1. The van der Waals surface area contributed by atoms with Crippen molar-refractivity contribution in [2.45, 2.75) is 18.4 Å². The Morgan fingerprint density at radius 1 is 1.21 bits per heavy atom. The quantitative estimate of drug-likeness (QED) is 0.723. The molecular weight excluding hydrogens is 174 g/mol. The third kappa shape index (κ3) is 2.26. The summed E-state index contributed by atoms with van der Waals surface area (Å²) in [6, 6.07) is 10.1. The van der Waals surface area contributed by atoms with Crippen molar-refractivity contribution in [3.05, 3.63) is 30.3 Å². The molecule has 76 valence electrons. The van der Waals surface area contributed by atoms with Gasteiger partial charge >= 0.3 is 0 Å². The molecule has 0 unspecified atom stereocenters. The first kappa shape index (κ1) is 9.53. The molecule has 2 nitrogen and oxygen atoms in total. The van der Waals surface area contributed by atoms with Gasteiger partial charge in [-0.3, -0.25) is 0 Å². The number of nitrogens with zero attached hydrogens (tertiary/aromatic N) is 1. The minimum atomic E-state index is 0.102. The Kier molecular flexibility index (Phi) is 2.46. The standard InChI is InChI=1S/C12H17NO/c1-13(2)10-12(8-9-12)14-11-6-4-3-5-7-11/h3-7H,8-10H2,1-2H3. The van der Waals surface area contributed by atoms with Crippen LogP contribution in [0, 0.1) is 0 Å². The van der Waals surface area contributed by atoms with Gasteiger partial charge in [0, 0.05) is 6.54 Å². The van der Waals surface area contributed by atoms with Crippen LogP contribution in [0.25, 0.3) is 0 Å². The lowest BCUT2D eigenvalue weighted by Crippen LogP contribution is -2.32. The smallest absolute Gasteiger partial charge is 0.122 e. The minimum absolute atomic E-state index is 0.102. The molecule has 2 heteroatoms. The largest absolute Gasteiger partial charge is 0.486 e. The maximum absolute atomic E-state index is 5.98.